The summed E-state index contributed by atoms with van der Waals surface area (Å²) in [6.45, 7) is 1.84. The van der Waals surface area contributed by atoms with Gasteiger partial charge in [-0.1, -0.05) is 29.8 Å². The summed E-state index contributed by atoms with van der Waals surface area (Å²) in [6, 6.07) is 13.8. The van der Waals surface area contributed by atoms with Crippen molar-refractivity contribution in [2.45, 2.75) is 6.92 Å². The predicted molar refractivity (Wildman–Crippen MR) is 78.7 cm³/mol. The van der Waals surface area contributed by atoms with E-state index in [2.05, 4.69) is 0 Å². The highest BCUT2D eigenvalue weighted by atomic mass is 35.5. The van der Waals surface area contributed by atoms with Gasteiger partial charge >= 0.3 is 0 Å². The number of ether oxygens (including phenoxy) is 1. The second kappa shape index (κ2) is 5.02. The minimum atomic E-state index is -0.178. The van der Waals surface area contributed by atoms with E-state index >= 15 is 0 Å². The molecular formula is C16H11ClO3. The van der Waals surface area contributed by atoms with Crippen LogP contribution in [0.25, 0.3) is 11.0 Å². The van der Waals surface area contributed by atoms with E-state index in [4.69, 9.17) is 20.8 Å². The molecule has 0 aliphatic heterocycles. The fraction of sp³-hybridized carbons (Fsp3) is 0.0625. The molecule has 0 bridgehead atoms. The molecule has 0 unspecified atom stereocenters. The van der Waals surface area contributed by atoms with Gasteiger partial charge in [0.2, 0.25) is 0 Å². The van der Waals surface area contributed by atoms with Crippen LogP contribution in [0.2, 0.25) is 5.02 Å². The van der Waals surface area contributed by atoms with Gasteiger partial charge in [-0.05, 0) is 36.8 Å². The summed E-state index contributed by atoms with van der Waals surface area (Å²) in [5.74, 6) is 0.778. The van der Waals surface area contributed by atoms with Crippen molar-refractivity contribution in [3.63, 3.8) is 0 Å². The number of hydrogen-bond acceptors (Lipinski definition) is 3. The van der Waals surface area contributed by atoms with Crippen LogP contribution in [0.4, 0.5) is 0 Å². The zero-order valence-corrected chi connectivity index (χ0v) is 11.5. The van der Waals surface area contributed by atoms with Crippen molar-refractivity contribution < 1.29 is 9.15 Å². The molecule has 4 heteroatoms. The minimum absolute atomic E-state index is 0.166. The Hall–Kier alpha value is -2.26. The SMILES string of the molecule is Cc1cc(Cl)cc2c(=O)cc(Oc3ccccc3)oc12. The standard InChI is InChI=1S/C16H11ClO3/c1-10-7-11(17)8-13-14(18)9-15(20-16(10)13)19-12-5-3-2-4-6-12/h2-9H,1H3. The Balaban J connectivity index is 2.13. The molecule has 3 aromatic rings. The van der Waals surface area contributed by atoms with Crippen molar-refractivity contribution in [3.8, 4) is 11.7 Å². The first kappa shape index (κ1) is 12.8. The summed E-state index contributed by atoms with van der Waals surface area (Å²) >= 11 is 5.95. The van der Waals surface area contributed by atoms with Gasteiger partial charge in [0, 0.05) is 5.02 Å². The zero-order valence-electron chi connectivity index (χ0n) is 10.7. The van der Waals surface area contributed by atoms with E-state index < -0.39 is 0 Å². The molecule has 0 saturated heterocycles. The smallest absolute Gasteiger partial charge is 0.294 e. The average molecular weight is 287 g/mol. The van der Waals surface area contributed by atoms with E-state index in [-0.39, 0.29) is 11.4 Å². The molecule has 0 aliphatic rings. The van der Waals surface area contributed by atoms with E-state index in [1.54, 1.807) is 24.3 Å². The molecule has 0 spiro atoms. The monoisotopic (exact) mass is 286 g/mol. The number of fused-ring (bicyclic) bond motifs is 1. The largest absolute Gasteiger partial charge is 0.426 e. The van der Waals surface area contributed by atoms with Crippen LogP contribution in [0.5, 0.6) is 11.7 Å². The molecule has 2 aromatic carbocycles. The fourth-order valence-electron chi connectivity index (χ4n) is 2.02. The molecule has 20 heavy (non-hydrogen) atoms. The van der Waals surface area contributed by atoms with E-state index in [0.717, 1.165) is 5.56 Å². The van der Waals surface area contributed by atoms with Crippen LogP contribution in [0, 0.1) is 6.92 Å². The highest BCUT2D eigenvalue weighted by Crippen LogP contribution is 2.27. The topological polar surface area (TPSA) is 39.4 Å². The highest BCUT2D eigenvalue weighted by Gasteiger charge is 2.10. The van der Waals surface area contributed by atoms with Gasteiger partial charge in [-0.3, -0.25) is 4.79 Å². The first-order chi connectivity index (χ1) is 9.63. The minimum Gasteiger partial charge on any atom is -0.426 e. The van der Waals surface area contributed by atoms with Gasteiger partial charge in [0.15, 0.2) is 5.43 Å². The molecule has 3 rings (SSSR count). The maximum absolute atomic E-state index is 12.1. The van der Waals surface area contributed by atoms with Crippen LogP contribution in [0.15, 0.2) is 57.7 Å². The van der Waals surface area contributed by atoms with Crippen molar-refractivity contribution in [2.24, 2.45) is 0 Å². The van der Waals surface area contributed by atoms with Crippen molar-refractivity contribution in [2.75, 3.05) is 0 Å². The van der Waals surface area contributed by atoms with E-state index in [1.807, 2.05) is 25.1 Å². The number of aryl methyl sites for hydroxylation is 1. The molecule has 0 saturated carbocycles. The summed E-state index contributed by atoms with van der Waals surface area (Å²) in [6.07, 6.45) is 0. The van der Waals surface area contributed by atoms with Crippen LogP contribution >= 0.6 is 11.6 Å². The van der Waals surface area contributed by atoms with Crippen LogP contribution in [0.3, 0.4) is 0 Å². The third kappa shape index (κ3) is 2.40. The third-order valence-corrected chi connectivity index (χ3v) is 3.14. The van der Waals surface area contributed by atoms with Crippen molar-refractivity contribution in [1.82, 2.24) is 0 Å². The second-order valence-electron chi connectivity index (χ2n) is 4.44. The Kier molecular flexibility index (Phi) is 3.20. The summed E-state index contributed by atoms with van der Waals surface area (Å²) < 4.78 is 11.2. The Morgan fingerprint density at radius 2 is 1.85 bits per heavy atom. The van der Waals surface area contributed by atoms with E-state index in [1.165, 1.54) is 6.07 Å². The Morgan fingerprint density at radius 3 is 2.60 bits per heavy atom. The quantitative estimate of drug-likeness (QED) is 0.694. The van der Waals surface area contributed by atoms with Crippen LogP contribution < -0.4 is 10.2 Å². The molecule has 1 aromatic heterocycles. The molecule has 1 heterocycles. The molecule has 0 fully saturated rings. The zero-order chi connectivity index (χ0) is 14.1. The highest BCUT2D eigenvalue weighted by molar-refractivity contribution is 6.31. The summed E-state index contributed by atoms with van der Waals surface area (Å²) in [5, 5.41) is 0.967. The molecule has 0 aliphatic carbocycles. The number of para-hydroxylation sites is 1. The Bertz CT molecular complexity index is 822. The molecule has 0 radical (unpaired) electrons. The Labute approximate surface area is 120 Å². The van der Waals surface area contributed by atoms with Gasteiger partial charge in [-0.15, -0.1) is 0 Å². The summed E-state index contributed by atoms with van der Waals surface area (Å²) in [7, 11) is 0. The van der Waals surface area contributed by atoms with Gasteiger partial charge in [-0.25, -0.2) is 0 Å². The normalized spacial score (nSPS) is 10.7. The van der Waals surface area contributed by atoms with Gasteiger partial charge in [0.05, 0.1) is 11.5 Å². The van der Waals surface area contributed by atoms with Crippen molar-refractivity contribution >= 4 is 22.6 Å². The van der Waals surface area contributed by atoms with Gasteiger partial charge in [0.1, 0.15) is 11.3 Å². The van der Waals surface area contributed by atoms with Crippen LogP contribution in [0.1, 0.15) is 5.56 Å². The van der Waals surface area contributed by atoms with Crippen molar-refractivity contribution in [1.29, 1.82) is 0 Å². The Morgan fingerprint density at radius 1 is 1.10 bits per heavy atom. The maximum Gasteiger partial charge on any atom is 0.294 e. The lowest BCUT2D eigenvalue weighted by molar-refractivity contribution is 0.353. The second-order valence-corrected chi connectivity index (χ2v) is 4.88. The first-order valence-corrected chi connectivity index (χ1v) is 6.48. The summed E-state index contributed by atoms with van der Waals surface area (Å²) in [5.41, 5.74) is 1.11. The van der Waals surface area contributed by atoms with Crippen LogP contribution in [-0.2, 0) is 0 Å². The molecule has 3 nitrogen and oxygen atoms in total. The first-order valence-electron chi connectivity index (χ1n) is 6.10. The van der Waals surface area contributed by atoms with Crippen molar-refractivity contribution in [3.05, 3.63) is 69.3 Å². The molecule has 0 N–H and O–H groups in total. The fourth-order valence-corrected chi connectivity index (χ4v) is 2.29. The molecule has 0 atom stereocenters. The lowest BCUT2D eigenvalue weighted by atomic mass is 10.1. The average Bonchev–Trinajstić information content (AvgIpc) is 2.41. The van der Waals surface area contributed by atoms with E-state index in [0.29, 0.717) is 21.7 Å². The lowest BCUT2D eigenvalue weighted by Gasteiger charge is -2.07. The predicted octanol–water partition coefficient (Wildman–Crippen LogP) is 4.55. The number of benzene rings is 2. The number of hydrogen-bond donors (Lipinski definition) is 0. The molecule has 0 amide bonds. The summed E-state index contributed by atoms with van der Waals surface area (Å²) in [4.78, 5) is 12.1. The van der Waals surface area contributed by atoms with Gasteiger partial charge in [-0.2, -0.15) is 0 Å². The molecule has 100 valence electrons. The van der Waals surface area contributed by atoms with Crippen LogP contribution in [-0.4, -0.2) is 0 Å². The molecular weight excluding hydrogens is 276 g/mol. The van der Waals surface area contributed by atoms with E-state index in [9.17, 15) is 4.79 Å². The number of halogens is 1. The third-order valence-electron chi connectivity index (χ3n) is 2.92. The lowest BCUT2D eigenvalue weighted by Crippen LogP contribution is -2.01. The van der Waals surface area contributed by atoms with Gasteiger partial charge in [0.25, 0.3) is 5.95 Å². The van der Waals surface area contributed by atoms with Gasteiger partial charge < -0.3 is 9.15 Å². The number of rotatable bonds is 2. The maximum atomic E-state index is 12.1.